The van der Waals surface area contributed by atoms with Crippen LogP contribution in [0.2, 0.25) is 0 Å². The summed E-state index contributed by atoms with van der Waals surface area (Å²) in [5.74, 6) is -3.35. The van der Waals surface area contributed by atoms with E-state index in [1.165, 1.54) is 12.1 Å². The predicted octanol–water partition coefficient (Wildman–Crippen LogP) is 2.58. The first kappa shape index (κ1) is 61.7. The monoisotopic (exact) mass is 1050 g/mol. The molecular formula is C48H73N7O17S. The van der Waals surface area contributed by atoms with Crippen LogP contribution in [0.25, 0.3) is 0 Å². The third kappa shape index (κ3) is 25.2. The van der Waals surface area contributed by atoms with Crippen LogP contribution in [0.15, 0.2) is 64.5 Å². The Balaban J connectivity index is 1.64. The van der Waals surface area contributed by atoms with Crippen molar-refractivity contribution < 1.29 is 80.8 Å². The first-order chi connectivity index (χ1) is 34.6. The number of sulfonamides is 1. The molecule has 3 atom stereocenters. The number of carbonyl (C=O) groups excluding carboxylic acids is 5. The zero-order valence-corrected chi connectivity index (χ0v) is 43.5. The Morgan fingerprint density at radius 1 is 0.726 bits per heavy atom. The third-order valence-electron chi connectivity index (χ3n) is 9.97. The highest BCUT2D eigenvalue weighted by atomic mass is 32.2. The van der Waals surface area contributed by atoms with E-state index in [4.69, 9.17) is 38.5 Å². The minimum Gasteiger partial charge on any atom is -0.480 e. The van der Waals surface area contributed by atoms with Crippen LogP contribution < -0.4 is 26.6 Å². The van der Waals surface area contributed by atoms with E-state index >= 15 is 0 Å². The predicted molar refractivity (Wildman–Crippen MR) is 263 cm³/mol. The molecule has 73 heavy (non-hydrogen) atoms. The molecule has 0 radical (unpaired) electrons. The van der Waals surface area contributed by atoms with Gasteiger partial charge in [0.2, 0.25) is 27.8 Å². The molecule has 1 aliphatic heterocycles. The summed E-state index contributed by atoms with van der Waals surface area (Å²) < 4.78 is 49.2. The van der Waals surface area contributed by atoms with E-state index in [2.05, 4.69) is 31.6 Å². The van der Waals surface area contributed by atoms with Crippen LogP contribution in [0.5, 0.6) is 0 Å². The fourth-order valence-corrected chi connectivity index (χ4v) is 8.35. The van der Waals surface area contributed by atoms with Gasteiger partial charge in [0.1, 0.15) is 49.7 Å². The van der Waals surface area contributed by atoms with E-state index in [1.54, 1.807) is 84.0 Å². The number of alkyl carbamates (subject to hydrolysis) is 2. The molecule has 1 aliphatic rings. The highest BCUT2D eigenvalue weighted by Crippen LogP contribution is 2.26. The number of aliphatic carboxylic acids is 1. The zero-order chi connectivity index (χ0) is 53.9. The fraction of sp³-hybridized carbons (Fsp3) is 0.604. The van der Waals surface area contributed by atoms with Gasteiger partial charge in [-0.15, -0.1) is 0 Å². The topological polar surface area (TPSA) is 306 Å². The van der Waals surface area contributed by atoms with E-state index < -0.39 is 75.1 Å². The average Bonchev–Trinajstić information content (AvgIpc) is 3.82. The molecule has 0 aliphatic carbocycles. The van der Waals surface area contributed by atoms with Crippen molar-refractivity contribution in [1.82, 2.24) is 30.9 Å². The molecule has 0 saturated carbocycles. The van der Waals surface area contributed by atoms with Gasteiger partial charge in [0.25, 0.3) is 0 Å². The van der Waals surface area contributed by atoms with Crippen molar-refractivity contribution in [2.45, 2.75) is 114 Å². The molecule has 2 aromatic carbocycles. The van der Waals surface area contributed by atoms with Gasteiger partial charge in [-0.25, -0.2) is 42.4 Å². The van der Waals surface area contributed by atoms with E-state index in [0.29, 0.717) is 30.8 Å². The third-order valence-corrected chi connectivity index (χ3v) is 11.9. The van der Waals surface area contributed by atoms with Crippen LogP contribution in [0, 0.1) is 0 Å². The zero-order valence-electron chi connectivity index (χ0n) is 42.7. The highest BCUT2D eigenvalue weighted by molar-refractivity contribution is 7.89. The maximum absolute atomic E-state index is 13.9. The number of guanidine groups is 1. The summed E-state index contributed by atoms with van der Waals surface area (Å²) in [5, 5.41) is 23.0. The Morgan fingerprint density at radius 2 is 1.27 bits per heavy atom. The molecule has 408 valence electrons. The number of nitrogens with zero attached hydrogens (tertiary/aromatic N) is 2. The maximum atomic E-state index is 13.9. The number of amides is 4. The number of ether oxygens (including phenoxy) is 4. The molecule has 1 saturated heterocycles. The normalized spacial score (nSPS) is 14.9. The second-order valence-electron chi connectivity index (χ2n) is 18.4. The number of rotatable bonds is 31. The van der Waals surface area contributed by atoms with Crippen molar-refractivity contribution in [3.63, 3.8) is 0 Å². The number of aliphatic imine (C=N–C) groups is 1. The quantitative estimate of drug-likeness (QED) is 0.0208. The van der Waals surface area contributed by atoms with Crippen LogP contribution in [-0.2, 0) is 80.5 Å². The molecule has 4 amide bonds. The molecule has 0 aromatic heterocycles. The fourth-order valence-electron chi connectivity index (χ4n) is 6.67. The molecule has 0 bridgehead atoms. The Kier molecular flexibility index (Phi) is 26.9. The lowest BCUT2D eigenvalue weighted by atomic mass is 9.98. The number of hydrogen-bond acceptors (Lipinski definition) is 18. The SMILES string of the molecule is CNCCOCCOOCCOOCCOCCC(=O)N[C@H](CCN=C(NC(=O)OC(C)(C)C)NC(=O)OC(C)(C)C)C(=O)Cc1ccc(C[C@H](NC(=O)[C@@H]2CCCN2S(=O)(=O)c2ccccc2)C(=O)O)cc1. The molecule has 0 spiro atoms. The number of carboxylic acid groups (broad SMARTS) is 1. The smallest absolute Gasteiger partial charge is 0.414 e. The standard InChI is InChI=1S/C48H73N7O17S/c1-47(2,3)71-45(61)53-44(54-46(62)72-48(4,5)6)50-21-19-37(51-41(57)20-24-65-26-28-67-69-30-31-70-68-29-27-66-25-22-49-7)40(56)33-35-17-15-34(16-18-35)32-38(43(59)60)52-42(58)39-14-11-23-55(39)73(63,64)36-12-9-8-10-13-36/h8-10,12-13,15-18,37-39,49H,11,14,19-33H2,1-7H3,(H,51,57)(H,52,58)(H,59,60)(H2,50,53,54,61,62)/t37-,38+,39+/m1/s1. The van der Waals surface area contributed by atoms with Gasteiger partial charge in [-0.2, -0.15) is 4.31 Å². The lowest BCUT2D eigenvalue weighted by Crippen LogP contribution is -2.51. The lowest BCUT2D eigenvalue weighted by molar-refractivity contribution is -0.344. The van der Waals surface area contributed by atoms with E-state index in [0.717, 1.165) is 10.8 Å². The van der Waals surface area contributed by atoms with Crippen molar-refractivity contribution in [2.24, 2.45) is 4.99 Å². The molecule has 25 heteroatoms. The number of carboxylic acids is 1. The molecule has 24 nitrogen and oxygen atoms in total. The Labute approximate surface area is 426 Å². The van der Waals surface area contributed by atoms with Gasteiger partial charge < -0.3 is 40.0 Å². The Hall–Kier alpha value is -5.64. The number of ketones is 1. The summed E-state index contributed by atoms with van der Waals surface area (Å²) >= 11 is 0. The number of nitrogens with one attached hydrogen (secondary N) is 5. The van der Waals surface area contributed by atoms with Crippen molar-refractivity contribution in [3.05, 3.63) is 65.7 Å². The Morgan fingerprint density at radius 3 is 1.82 bits per heavy atom. The second kappa shape index (κ2) is 31.8. The van der Waals surface area contributed by atoms with Crippen LogP contribution in [0.3, 0.4) is 0 Å². The van der Waals surface area contributed by atoms with Crippen molar-refractivity contribution in [1.29, 1.82) is 0 Å². The number of Topliss-reactive ketones (excluding diaryl/α,β-unsaturated/α-hetero) is 1. The number of benzene rings is 2. The summed E-state index contributed by atoms with van der Waals surface area (Å²) in [6.07, 6.45) is -1.77. The summed E-state index contributed by atoms with van der Waals surface area (Å²) in [6, 6.07) is 10.5. The number of carbonyl (C=O) groups is 6. The van der Waals surface area contributed by atoms with Crippen LogP contribution in [0.4, 0.5) is 9.59 Å². The van der Waals surface area contributed by atoms with Crippen LogP contribution >= 0.6 is 0 Å². The first-order valence-corrected chi connectivity index (χ1v) is 25.3. The first-order valence-electron chi connectivity index (χ1n) is 23.9. The van der Waals surface area contributed by atoms with Crippen molar-refractivity contribution in [3.8, 4) is 0 Å². The Bertz CT molecular complexity index is 2160. The van der Waals surface area contributed by atoms with Crippen LogP contribution in [-0.4, -0.2) is 168 Å². The summed E-state index contributed by atoms with van der Waals surface area (Å²) in [4.78, 5) is 102. The van der Waals surface area contributed by atoms with Gasteiger partial charge in [-0.05, 0) is 91.1 Å². The van der Waals surface area contributed by atoms with Crippen molar-refractivity contribution >= 4 is 51.7 Å². The van der Waals surface area contributed by atoms with Gasteiger partial charge in [0.05, 0.1) is 37.4 Å². The van der Waals surface area contributed by atoms with Gasteiger partial charge in [0, 0.05) is 38.9 Å². The van der Waals surface area contributed by atoms with E-state index in [-0.39, 0.29) is 95.7 Å². The summed E-state index contributed by atoms with van der Waals surface area (Å²) in [6.45, 7) is 12.0. The molecule has 6 N–H and O–H groups in total. The molecule has 0 unspecified atom stereocenters. The van der Waals surface area contributed by atoms with Gasteiger partial charge >= 0.3 is 18.2 Å². The second-order valence-corrected chi connectivity index (χ2v) is 20.3. The van der Waals surface area contributed by atoms with Crippen molar-refractivity contribution in [2.75, 3.05) is 79.5 Å². The average molecular weight is 1050 g/mol. The van der Waals surface area contributed by atoms with Gasteiger partial charge in [-0.1, -0.05) is 42.5 Å². The van der Waals surface area contributed by atoms with Gasteiger partial charge in [0.15, 0.2) is 5.78 Å². The maximum Gasteiger partial charge on any atom is 0.414 e. The van der Waals surface area contributed by atoms with Gasteiger partial charge in [-0.3, -0.25) is 30.0 Å². The van der Waals surface area contributed by atoms with E-state index in [9.17, 15) is 42.3 Å². The molecule has 3 rings (SSSR count). The molecular weight excluding hydrogens is 979 g/mol. The molecule has 1 heterocycles. The molecule has 1 fully saturated rings. The summed E-state index contributed by atoms with van der Waals surface area (Å²) in [7, 11) is -2.19. The largest absolute Gasteiger partial charge is 0.480 e. The number of likely N-dealkylation sites (N-methyl/N-ethyl adjacent to an activating group) is 1. The lowest BCUT2D eigenvalue weighted by Gasteiger charge is -2.25. The number of hydrogen-bond donors (Lipinski definition) is 6. The summed E-state index contributed by atoms with van der Waals surface area (Å²) in [5.41, 5.74) is -0.769. The van der Waals surface area contributed by atoms with Crippen LogP contribution in [0.1, 0.15) is 78.4 Å². The minimum atomic E-state index is -4.01. The van der Waals surface area contributed by atoms with E-state index in [1.807, 2.05) is 7.05 Å². The molecule has 2 aromatic rings. The highest BCUT2D eigenvalue weighted by Gasteiger charge is 2.40. The minimum absolute atomic E-state index is 0.0260.